The molecule has 1 aliphatic carbocycles. The zero-order valence-corrected chi connectivity index (χ0v) is 11.6. The Hall–Kier alpha value is -1.03. The molecule has 0 unspecified atom stereocenters. The van der Waals surface area contributed by atoms with Gasteiger partial charge in [0.15, 0.2) is 0 Å². The van der Waals surface area contributed by atoms with Crippen LogP contribution in [-0.2, 0) is 7.05 Å². The van der Waals surface area contributed by atoms with Crippen LogP contribution in [0.4, 0.5) is 0 Å². The van der Waals surface area contributed by atoms with Crippen molar-refractivity contribution in [3.05, 3.63) is 18.2 Å². The maximum absolute atomic E-state index is 12.4. The van der Waals surface area contributed by atoms with E-state index in [9.17, 15) is 4.79 Å². The molecule has 4 nitrogen and oxygen atoms in total. The molecule has 0 saturated heterocycles. The number of rotatable bonds is 4. The topological polar surface area (TPSA) is 38.1 Å². The molecule has 18 heavy (non-hydrogen) atoms. The van der Waals surface area contributed by atoms with Crippen molar-refractivity contribution in [2.45, 2.75) is 38.1 Å². The van der Waals surface area contributed by atoms with E-state index in [2.05, 4.69) is 4.98 Å². The van der Waals surface area contributed by atoms with Gasteiger partial charge in [-0.2, -0.15) is 0 Å². The van der Waals surface area contributed by atoms with Crippen LogP contribution < -0.4 is 0 Å². The Labute approximate surface area is 113 Å². The van der Waals surface area contributed by atoms with Crippen LogP contribution in [0.3, 0.4) is 0 Å². The van der Waals surface area contributed by atoms with E-state index in [1.54, 1.807) is 17.1 Å². The minimum atomic E-state index is 0.0168. The van der Waals surface area contributed by atoms with Crippen molar-refractivity contribution in [2.75, 3.05) is 12.4 Å². The first-order valence-electron chi connectivity index (χ1n) is 6.57. The Balaban J connectivity index is 2.10. The molecule has 1 aromatic heterocycles. The van der Waals surface area contributed by atoms with Crippen molar-refractivity contribution >= 4 is 17.5 Å². The lowest BCUT2D eigenvalue weighted by Crippen LogP contribution is -2.42. The van der Waals surface area contributed by atoms with Crippen LogP contribution in [0.5, 0.6) is 0 Å². The van der Waals surface area contributed by atoms with Crippen molar-refractivity contribution in [3.8, 4) is 0 Å². The number of imidazole rings is 1. The van der Waals surface area contributed by atoms with E-state index in [0.717, 1.165) is 12.8 Å². The summed E-state index contributed by atoms with van der Waals surface area (Å²) in [5.41, 5.74) is 0.521. The summed E-state index contributed by atoms with van der Waals surface area (Å²) >= 11 is 5.83. The van der Waals surface area contributed by atoms with Crippen LogP contribution in [0.15, 0.2) is 12.5 Å². The molecule has 2 rings (SSSR count). The molecule has 1 saturated carbocycles. The second-order valence-corrected chi connectivity index (χ2v) is 5.28. The van der Waals surface area contributed by atoms with Gasteiger partial charge in [0.1, 0.15) is 5.69 Å². The first-order valence-corrected chi connectivity index (χ1v) is 7.10. The summed E-state index contributed by atoms with van der Waals surface area (Å²) in [5, 5.41) is 0. The molecule has 100 valence electrons. The third kappa shape index (κ3) is 3.05. The van der Waals surface area contributed by atoms with Gasteiger partial charge in [-0.1, -0.05) is 19.3 Å². The lowest BCUT2D eigenvalue weighted by molar-refractivity contribution is 0.0644. The number of halogens is 1. The van der Waals surface area contributed by atoms with Crippen molar-refractivity contribution < 1.29 is 4.79 Å². The zero-order valence-electron chi connectivity index (χ0n) is 10.8. The quantitative estimate of drug-likeness (QED) is 0.788. The average molecular weight is 270 g/mol. The summed E-state index contributed by atoms with van der Waals surface area (Å²) in [6.45, 7) is 0.613. The van der Waals surface area contributed by atoms with E-state index in [1.165, 1.54) is 19.3 Å². The van der Waals surface area contributed by atoms with Crippen molar-refractivity contribution in [1.29, 1.82) is 0 Å². The highest BCUT2D eigenvalue weighted by molar-refractivity contribution is 6.18. The molecule has 0 aromatic carbocycles. The molecule has 0 atom stereocenters. The second kappa shape index (κ2) is 6.23. The second-order valence-electron chi connectivity index (χ2n) is 4.90. The predicted octanol–water partition coefficient (Wildman–Crippen LogP) is 2.43. The molecule has 0 aliphatic heterocycles. The third-order valence-electron chi connectivity index (χ3n) is 3.53. The lowest BCUT2D eigenvalue weighted by atomic mass is 9.94. The van der Waals surface area contributed by atoms with Gasteiger partial charge in [0.25, 0.3) is 5.91 Å². The highest BCUT2D eigenvalue weighted by atomic mass is 35.5. The third-order valence-corrected chi connectivity index (χ3v) is 3.69. The molecule has 1 aliphatic rings. The summed E-state index contributed by atoms with van der Waals surface area (Å²) in [5.74, 6) is 0.498. The Kier molecular flexibility index (Phi) is 4.64. The smallest absolute Gasteiger partial charge is 0.274 e. The summed E-state index contributed by atoms with van der Waals surface area (Å²) in [6.07, 6.45) is 9.31. The van der Waals surface area contributed by atoms with E-state index in [-0.39, 0.29) is 5.91 Å². The standard InChI is InChI=1S/C13H20ClN3O/c1-16-9-12(15-10-16)13(18)17(8-7-14)11-5-3-2-4-6-11/h9-11H,2-8H2,1H3. The normalized spacial score (nSPS) is 16.8. The number of hydrogen-bond donors (Lipinski definition) is 0. The Bertz CT molecular complexity index is 399. The van der Waals surface area contributed by atoms with Crippen molar-refractivity contribution in [1.82, 2.24) is 14.5 Å². The molecule has 0 N–H and O–H groups in total. The Morgan fingerprint density at radius 3 is 2.78 bits per heavy atom. The number of amides is 1. The van der Waals surface area contributed by atoms with Gasteiger partial charge in [-0.05, 0) is 12.8 Å². The fourth-order valence-electron chi connectivity index (χ4n) is 2.60. The van der Waals surface area contributed by atoms with Crippen LogP contribution in [0.2, 0.25) is 0 Å². The molecule has 1 heterocycles. The van der Waals surface area contributed by atoms with Crippen LogP contribution in [0.1, 0.15) is 42.6 Å². The maximum atomic E-state index is 12.4. The number of hydrogen-bond acceptors (Lipinski definition) is 2. The molecule has 1 fully saturated rings. The van der Waals surface area contributed by atoms with Gasteiger partial charge in [0, 0.05) is 31.7 Å². The largest absolute Gasteiger partial charge is 0.340 e. The molecule has 0 radical (unpaired) electrons. The van der Waals surface area contributed by atoms with Gasteiger partial charge in [-0.25, -0.2) is 4.98 Å². The van der Waals surface area contributed by atoms with E-state index in [1.807, 2.05) is 11.9 Å². The Morgan fingerprint density at radius 1 is 1.50 bits per heavy atom. The van der Waals surface area contributed by atoms with Crippen LogP contribution in [-0.4, -0.2) is 38.8 Å². The van der Waals surface area contributed by atoms with E-state index in [4.69, 9.17) is 11.6 Å². The van der Waals surface area contributed by atoms with Gasteiger partial charge < -0.3 is 9.47 Å². The average Bonchev–Trinajstić information content (AvgIpc) is 2.83. The van der Waals surface area contributed by atoms with Crippen LogP contribution >= 0.6 is 11.6 Å². The monoisotopic (exact) mass is 269 g/mol. The summed E-state index contributed by atoms with van der Waals surface area (Å²) in [4.78, 5) is 18.5. The number of carbonyl (C=O) groups excluding carboxylic acids is 1. The number of aromatic nitrogens is 2. The predicted molar refractivity (Wildman–Crippen MR) is 71.8 cm³/mol. The first kappa shape index (κ1) is 13.4. The fraction of sp³-hybridized carbons (Fsp3) is 0.692. The highest BCUT2D eigenvalue weighted by Crippen LogP contribution is 2.23. The maximum Gasteiger partial charge on any atom is 0.274 e. The molecule has 0 bridgehead atoms. The highest BCUT2D eigenvalue weighted by Gasteiger charge is 2.26. The minimum Gasteiger partial charge on any atom is -0.340 e. The molecular weight excluding hydrogens is 250 g/mol. The van der Waals surface area contributed by atoms with Gasteiger partial charge in [-0.3, -0.25) is 4.79 Å². The SMILES string of the molecule is Cn1cnc(C(=O)N(CCCl)C2CCCCC2)c1. The summed E-state index contributed by atoms with van der Waals surface area (Å²) in [6, 6.07) is 0.340. The summed E-state index contributed by atoms with van der Waals surface area (Å²) in [7, 11) is 1.87. The van der Waals surface area contributed by atoms with E-state index < -0.39 is 0 Å². The first-order chi connectivity index (χ1) is 8.72. The molecular formula is C13H20ClN3O. The van der Waals surface area contributed by atoms with Crippen molar-refractivity contribution in [3.63, 3.8) is 0 Å². The van der Waals surface area contributed by atoms with Gasteiger partial charge in [0.05, 0.1) is 6.33 Å². The number of nitrogens with zero attached hydrogens (tertiary/aromatic N) is 3. The summed E-state index contributed by atoms with van der Waals surface area (Å²) < 4.78 is 1.80. The number of carbonyl (C=O) groups is 1. The van der Waals surface area contributed by atoms with E-state index >= 15 is 0 Å². The van der Waals surface area contributed by atoms with Crippen molar-refractivity contribution in [2.24, 2.45) is 7.05 Å². The Morgan fingerprint density at radius 2 is 2.22 bits per heavy atom. The zero-order chi connectivity index (χ0) is 13.0. The van der Waals surface area contributed by atoms with Gasteiger partial charge >= 0.3 is 0 Å². The van der Waals surface area contributed by atoms with Gasteiger partial charge in [-0.15, -0.1) is 11.6 Å². The number of aryl methyl sites for hydroxylation is 1. The molecule has 1 aromatic rings. The van der Waals surface area contributed by atoms with Crippen LogP contribution in [0, 0.1) is 0 Å². The van der Waals surface area contributed by atoms with Crippen LogP contribution in [0.25, 0.3) is 0 Å². The van der Waals surface area contributed by atoms with Gasteiger partial charge in [0.2, 0.25) is 0 Å². The number of alkyl halides is 1. The molecule has 1 amide bonds. The minimum absolute atomic E-state index is 0.0168. The molecule has 0 spiro atoms. The van der Waals surface area contributed by atoms with E-state index in [0.29, 0.717) is 24.2 Å². The lowest BCUT2D eigenvalue weighted by Gasteiger charge is -2.33. The molecule has 5 heteroatoms. The fourth-order valence-corrected chi connectivity index (χ4v) is 2.79.